The fraction of sp³-hybridized carbons (Fsp3) is 0.625. The van der Waals surface area contributed by atoms with Gasteiger partial charge in [0.15, 0.2) is 0 Å². The molecule has 0 amide bonds. The second-order valence-corrected chi connectivity index (χ2v) is 13.1. The molecule has 1 aliphatic rings. The zero-order valence-electron chi connectivity index (χ0n) is 17.6. The summed E-state index contributed by atoms with van der Waals surface area (Å²) in [6, 6.07) is 11.3. The minimum absolute atomic E-state index is 0. The third-order valence-corrected chi connectivity index (χ3v) is 9.06. The topological polar surface area (TPSA) is 0 Å². The summed E-state index contributed by atoms with van der Waals surface area (Å²) in [6.45, 7) is 14.9. The highest BCUT2D eigenvalue weighted by Crippen LogP contribution is 2.66. The van der Waals surface area contributed by atoms with Crippen molar-refractivity contribution < 1.29 is 0 Å². The Morgan fingerprint density at radius 2 is 1.28 bits per heavy atom. The molecule has 1 aromatic carbocycles. The third kappa shape index (κ3) is 6.71. The minimum atomic E-state index is -0.0898. The molecule has 1 heteroatoms. The van der Waals surface area contributed by atoms with Crippen molar-refractivity contribution in [1.29, 1.82) is 0 Å². The van der Waals surface area contributed by atoms with E-state index >= 15 is 0 Å². The van der Waals surface area contributed by atoms with Crippen LogP contribution in [0.5, 0.6) is 0 Å². The van der Waals surface area contributed by atoms with Crippen LogP contribution < -0.4 is 0 Å². The molecule has 0 saturated heterocycles. The molecule has 1 saturated carbocycles. The predicted octanol–water partition coefficient (Wildman–Crippen LogP) is 8.07. The van der Waals surface area contributed by atoms with E-state index in [1.807, 2.05) is 0 Å². The van der Waals surface area contributed by atoms with Gasteiger partial charge in [0.05, 0.1) is 0 Å². The SMILES string of the molecule is CC(C)(C)P(C1CCCCCC[C]1c1ccccc1)C(C)(C)C.[CH2].[CH2]. The van der Waals surface area contributed by atoms with E-state index in [0.717, 1.165) is 5.66 Å². The van der Waals surface area contributed by atoms with Gasteiger partial charge in [0.1, 0.15) is 0 Å². The highest BCUT2D eigenvalue weighted by molar-refractivity contribution is 7.61. The van der Waals surface area contributed by atoms with Gasteiger partial charge in [-0.3, -0.25) is 0 Å². The van der Waals surface area contributed by atoms with Gasteiger partial charge in [-0.15, -0.1) is 0 Å². The van der Waals surface area contributed by atoms with Gasteiger partial charge in [-0.25, -0.2) is 0 Å². The largest absolute Gasteiger partial charge is 0.0915 e. The lowest BCUT2D eigenvalue weighted by atomic mass is 9.85. The second kappa shape index (κ2) is 10.1. The fourth-order valence-electron chi connectivity index (χ4n) is 4.56. The van der Waals surface area contributed by atoms with Crippen LogP contribution in [0, 0.1) is 20.8 Å². The maximum Gasteiger partial charge on any atom is 0.0124 e. The van der Waals surface area contributed by atoms with Crippen LogP contribution in [0.3, 0.4) is 0 Å². The van der Waals surface area contributed by atoms with E-state index in [4.69, 9.17) is 0 Å². The van der Waals surface area contributed by atoms with Gasteiger partial charge in [0.25, 0.3) is 0 Å². The summed E-state index contributed by atoms with van der Waals surface area (Å²) >= 11 is 0. The molecule has 1 aromatic rings. The Balaban J connectivity index is 0.00000288. The Kier molecular flexibility index (Phi) is 9.96. The van der Waals surface area contributed by atoms with E-state index in [0.29, 0.717) is 10.3 Å². The molecule has 5 radical (unpaired) electrons. The number of hydrogen-bond acceptors (Lipinski definition) is 0. The summed E-state index contributed by atoms with van der Waals surface area (Å²) in [6.07, 6.45) is 8.32. The summed E-state index contributed by atoms with van der Waals surface area (Å²) < 4.78 is 0. The first-order valence-corrected chi connectivity index (χ1v) is 10.8. The molecular weight excluding hydrogens is 319 g/mol. The van der Waals surface area contributed by atoms with E-state index < -0.39 is 0 Å². The molecule has 1 atom stereocenters. The van der Waals surface area contributed by atoms with Crippen molar-refractivity contribution in [3.8, 4) is 0 Å². The van der Waals surface area contributed by atoms with Gasteiger partial charge in [0, 0.05) is 5.92 Å². The average molecular weight is 360 g/mol. The van der Waals surface area contributed by atoms with Crippen LogP contribution in [-0.2, 0) is 0 Å². The molecule has 0 spiro atoms. The summed E-state index contributed by atoms with van der Waals surface area (Å²) in [4.78, 5) is 0. The quantitative estimate of drug-likeness (QED) is 0.468. The van der Waals surface area contributed by atoms with Crippen LogP contribution in [-0.4, -0.2) is 16.0 Å². The van der Waals surface area contributed by atoms with Crippen molar-refractivity contribution in [3.05, 3.63) is 56.7 Å². The molecule has 1 fully saturated rings. The van der Waals surface area contributed by atoms with Crippen molar-refractivity contribution in [3.63, 3.8) is 0 Å². The standard InChI is InChI=1S/C22H36P.2CH2/c1-21(2,3)23(22(4,5)6)20-17-13-8-7-12-16-19(20)18-14-10-9-11-15-18;;/h9-11,14-15,20H,7-8,12-13,16-17H2,1-6H3;2*1H2. The summed E-state index contributed by atoms with van der Waals surface area (Å²) in [5, 5.41) is 0.801. The zero-order valence-corrected chi connectivity index (χ0v) is 18.5. The first-order valence-electron chi connectivity index (χ1n) is 9.42. The van der Waals surface area contributed by atoms with E-state index in [2.05, 4.69) is 71.9 Å². The van der Waals surface area contributed by atoms with Crippen LogP contribution in [0.25, 0.3) is 0 Å². The van der Waals surface area contributed by atoms with Crippen LogP contribution in [0.2, 0.25) is 0 Å². The maximum absolute atomic E-state index is 2.48. The Hall–Kier alpha value is -0.350. The second-order valence-electron chi connectivity index (χ2n) is 9.07. The molecule has 0 N–H and O–H groups in total. The molecular formula is C24H40P. The van der Waals surface area contributed by atoms with Crippen molar-refractivity contribution in [1.82, 2.24) is 0 Å². The normalized spacial score (nSPS) is 20.2. The minimum Gasteiger partial charge on any atom is -0.0915 e. The molecule has 141 valence electrons. The van der Waals surface area contributed by atoms with Gasteiger partial charge < -0.3 is 0 Å². The van der Waals surface area contributed by atoms with Crippen molar-refractivity contribution >= 4 is 7.92 Å². The van der Waals surface area contributed by atoms with Gasteiger partial charge >= 0.3 is 0 Å². The molecule has 25 heavy (non-hydrogen) atoms. The van der Waals surface area contributed by atoms with Crippen molar-refractivity contribution in [2.75, 3.05) is 0 Å². The van der Waals surface area contributed by atoms with Crippen LogP contribution >= 0.6 is 7.92 Å². The monoisotopic (exact) mass is 359 g/mol. The van der Waals surface area contributed by atoms with Gasteiger partial charge in [-0.1, -0.05) is 120 Å². The Bertz CT molecular complexity index is 449. The summed E-state index contributed by atoms with van der Waals surface area (Å²) in [7, 11) is -0.0898. The van der Waals surface area contributed by atoms with E-state index in [1.165, 1.54) is 44.1 Å². The number of rotatable bonds is 2. The van der Waals surface area contributed by atoms with Crippen LogP contribution in [0.4, 0.5) is 0 Å². The lowest BCUT2D eigenvalue weighted by Gasteiger charge is -2.49. The van der Waals surface area contributed by atoms with Gasteiger partial charge in [-0.05, 0) is 34.4 Å². The first kappa shape index (κ1) is 24.7. The molecule has 0 aromatic heterocycles. The predicted molar refractivity (Wildman–Crippen MR) is 117 cm³/mol. The molecule has 2 rings (SSSR count). The van der Waals surface area contributed by atoms with Gasteiger partial charge in [0.2, 0.25) is 0 Å². The lowest BCUT2D eigenvalue weighted by molar-refractivity contribution is 0.531. The molecule has 0 heterocycles. The van der Waals surface area contributed by atoms with Crippen molar-refractivity contribution in [2.24, 2.45) is 0 Å². The summed E-state index contributed by atoms with van der Waals surface area (Å²) in [5.74, 6) is 1.77. The van der Waals surface area contributed by atoms with Crippen LogP contribution in [0.15, 0.2) is 30.3 Å². The van der Waals surface area contributed by atoms with Gasteiger partial charge in [-0.2, -0.15) is 0 Å². The van der Waals surface area contributed by atoms with E-state index in [9.17, 15) is 0 Å². The average Bonchev–Trinajstić information content (AvgIpc) is 2.40. The Labute approximate surface area is 161 Å². The van der Waals surface area contributed by atoms with Crippen LogP contribution in [0.1, 0.15) is 85.6 Å². The maximum atomic E-state index is 2.48. The highest BCUT2D eigenvalue weighted by Gasteiger charge is 2.43. The molecule has 1 unspecified atom stereocenters. The molecule has 0 nitrogen and oxygen atoms in total. The van der Waals surface area contributed by atoms with E-state index in [1.54, 1.807) is 5.92 Å². The molecule has 1 aliphatic carbocycles. The fourth-order valence-corrected chi connectivity index (χ4v) is 9.48. The zero-order chi connectivity index (χ0) is 17.1. The van der Waals surface area contributed by atoms with Crippen molar-refractivity contribution in [2.45, 2.75) is 96.0 Å². The lowest BCUT2D eigenvalue weighted by Crippen LogP contribution is -2.35. The smallest absolute Gasteiger partial charge is 0.0124 e. The Morgan fingerprint density at radius 1 is 0.760 bits per heavy atom. The van der Waals surface area contributed by atoms with E-state index in [-0.39, 0.29) is 22.8 Å². The summed E-state index contributed by atoms with van der Waals surface area (Å²) in [5.41, 5.74) is 2.30. The third-order valence-electron chi connectivity index (χ3n) is 4.98. The molecule has 0 bridgehead atoms. The Morgan fingerprint density at radius 3 is 1.80 bits per heavy atom. The molecule has 0 aliphatic heterocycles. The highest BCUT2D eigenvalue weighted by atomic mass is 31.1. The number of benzene rings is 1. The number of hydrogen-bond donors (Lipinski definition) is 0. The first-order chi connectivity index (χ1) is 10.7.